The lowest BCUT2D eigenvalue weighted by atomic mass is 10.1. The summed E-state index contributed by atoms with van der Waals surface area (Å²) in [5.41, 5.74) is 0.536. The molecule has 1 amide bonds. The molecule has 3 rings (SSSR count). The van der Waals surface area contributed by atoms with Crippen molar-refractivity contribution in [1.82, 2.24) is 19.6 Å². The van der Waals surface area contributed by atoms with Gasteiger partial charge in [-0.05, 0) is 25.0 Å². The Hall–Kier alpha value is -3.12. The zero-order chi connectivity index (χ0) is 22.6. The summed E-state index contributed by atoms with van der Waals surface area (Å²) >= 11 is 0. The Morgan fingerprint density at radius 3 is 2.68 bits per heavy atom. The van der Waals surface area contributed by atoms with Crippen molar-refractivity contribution >= 4 is 21.9 Å². The molecule has 12 heteroatoms. The molecular weight excluding hydrogens is 428 g/mol. The minimum Gasteiger partial charge on any atom is -0.493 e. The molecule has 2 aromatic rings. The van der Waals surface area contributed by atoms with E-state index >= 15 is 0 Å². The maximum atomic E-state index is 13.2. The third-order valence-corrected chi connectivity index (χ3v) is 6.97. The van der Waals surface area contributed by atoms with Gasteiger partial charge >= 0.3 is 5.97 Å². The number of aliphatic carboxylic acids is 1. The molecule has 11 nitrogen and oxygen atoms in total. The van der Waals surface area contributed by atoms with Crippen LogP contribution in [-0.2, 0) is 26.0 Å². The average molecular weight is 452 g/mol. The number of hydrogen-bond donors (Lipinski definition) is 3. The normalized spacial score (nSPS) is 17.8. The summed E-state index contributed by atoms with van der Waals surface area (Å²) in [7, 11) is -1.19. The molecule has 31 heavy (non-hydrogen) atoms. The highest BCUT2D eigenvalue weighted by atomic mass is 32.2. The van der Waals surface area contributed by atoms with Crippen molar-refractivity contribution in [1.29, 1.82) is 0 Å². The van der Waals surface area contributed by atoms with E-state index in [1.54, 1.807) is 0 Å². The lowest BCUT2D eigenvalue weighted by molar-refractivity contribution is -0.142. The first-order valence-electron chi connectivity index (χ1n) is 9.52. The standard InChI is InChI=1S/C19H24N4O7S/c1-29-16-6-5-13(9-17(16)30-2)31(27,28)23-7-3-4-15(23)18(24)22-14(19(25)26)8-12-10-20-11-21-12/h5-6,9-11,14-15H,3-4,7-8H2,1-2H3,(H,20,21)(H,22,24)(H,25,26). The molecule has 0 radical (unpaired) electrons. The smallest absolute Gasteiger partial charge is 0.326 e. The molecule has 0 spiro atoms. The predicted molar refractivity (Wildman–Crippen MR) is 108 cm³/mol. The number of sulfonamides is 1. The van der Waals surface area contributed by atoms with Crippen molar-refractivity contribution < 1.29 is 32.6 Å². The van der Waals surface area contributed by atoms with E-state index in [4.69, 9.17) is 9.47 Å². The van der Waals surface area contributed by atoms with E-state index in [1.807, 2.05) is 0 Å². The van der Waals surface area contributed by atoms with Crippen molar-refractivity contribution in [2.45, 2.75) is 36.2 Å². The van der Waals surface area contributed by atoms with Crippen molar-refractivity contribution in [3.8, 4) is 11.5 Å². The Labute approximate surface area is 179 Å². The number of carboxylic acids is 1. The van der Waals surface area contributed by atoms with Crippen LogP contribution in [0.3, 0.4) is 0 Å². The quantitative estimate of drug-likeness (QED) is 0.494. The zero-order valence-electron chi connectivity index (χ0n) is 17.1. The number of aromatic nitrogens is 2. The van der Waals surface area contributed by atoms with Gasteiger partial charge in [-0.1, -0.05) is 0 Å². The third kappa shape index (κ3) is 4.80. The average Bonchev–Trinajstić information content (AvgIpc) is 3.44. The summed E-state index contributed by atoms with van der Waals surface area (Å²) in [6.07, 6.45) is 3.63. The molecule has 3 N–H and O–H groups in total. The fourth-order valence-electron chi connectivity index (χ4n) is 3.49. The Morgan fingerprint density at radius 1 is 1.32 bits per heavy atom. The summed E-state index contributed by atoms with van der Waals surface area (Å²) in [5, 5.41) is 11.9. The Bertz CT molecular complexity index is 1040. The van der Waals surface area contributed by atoms with Crippen molar-refractivity contribution in [3.63, 3.8) is 0 Å². The van der Waals surface area contributed by atoms with Gasteiger partial charge in [0.1, 0.15) is 12.1 Å². The molecule has 1 aromatic carbocycles. The summed E-state index contributed by atoms with van der Waals surface area (Å²) < 4.78 is 37.8. The fourth-order valence-corrected chi connectivity index (χ4v) is 5.16. The van der Waals surface area contributed by atoms with Gasteiger partial charge in [0, 0.05) is 30.9 Å². The van der Waals surface area contributed by atoms with Crippen LogP contribution in [0.15, 0.2) is 35.6 Å². The number of rotatable bonds is 9. The molecule has 1 fully saturated rings. The monoisotopic (exact) mass is 452 g/mol. The van der Waals surface area contributed by atoms with Gasteiger partial charge < -0.3 is 24.9 Å². The number of amides is 1. The molecule has 168 valence electrons. The van der Waals surface area contributed by atoms with Crippen LogP contribution in [0.5, 0.6) is 11.5 Å². The largest absolute Gasteiger partial charge is 0.493 e. The van der Waals surface area contributed by atoms with Crippen LogP contribution in [0.1, 0.15) is 18.5 Å². The number of aromatic amines is 1. The zero-order valence-corrected chi connectivity index (χ0v) is 17.9. The Balaban J connectivity index is 1.80. The van der Waals surface area contributed by atoms with Crippen LogP contribution < -0.4 is 14.8 Å². The Kier molecular flexibility index (Phi) is 6.81. The van der Waals surface area contributed by atoms with Gasteiger partial charge in [0.25, 0.3) is 0 Å². The van der Waals surface area contributed by atoms with E-state index in [2.05, 4.69) is 15.3 Å². The van der Waals surface area contributed by atoms with E-state index in [0.717, 1.165) is 4.31 Å². The number of methoxy groups -OCH3 is 2. The Morgan fingerprint density at radius 2 is 2.06 bits per heavy atom. The summed E-state index contributed by atoms with van der Waals surface area (Å²) in [4.78, 5) is 31.0. The molecular formula is C19H24N4O7S. The fraction of sp³-hybridized carbons (Fsp3) is 0.421. The lowest BCUT2D eigenvalue weighted by Crippen LogP contribution is -2.51. The number of ether oxygens (including phenoxy) is 2. The second-order valence-corrected chi connectivity index (χ2v) is 8.86. The first-order chi connectivity index (χ1) is 14.8. The second kappa shape index (κ2) is 9.35. The third-order valence-electron chi connectivity index (χ3n) is 5.06. The van der Waals surface area contributed by atoms with Gasteiger partial charge in [-0.2, -0.15) is 4.31 Å². The number of carbonyl (C=O) groups excluding carboxylic acids is 1. The van der Waals surface area contributed by atoms with Gasteiger partial charge in [-0.15, -0.1) is 0 Å². The van der Waals surface area contributed by atoms with Crippen LogP contribution in [0.2, 0.25) is 0 Å². The molecule has 1 aromatic heterocycles. The molecule has 0 aliphatic carbocycles. The number of nitrogens with zero attached hydrogens (tertiary/aromatic N) is 2. The number of H-pyrrole nitrogens is 1. The highest BCUT2D eigenvalue weighted by Crippen LogP contribution is 2.33. The van der Waals surface area contributed by atoms with E-state index in [9.17, 15) is 23.1 Å². The summed E-state index contributed by atoms with van der Waals surface area (Å²) in [6, 6.07) is 1.95. The van der Waals surface area contributed by atoms with Crippen molar-refractivity contribution in [2.24, 2.45) is 0 Å². The molecule has 1 aliphatic heterocycles. The van der Waals surface area contributed by atoms with E-state index in [-0.39, 0.29) is 30.0 Å². The number of hydrogen-bond acceptors (Lipinski definition) is 7. The van der Waals surface area contributed by atoms with Crippen molar-refractivity contribution in [3.05, 3.63) is 36.4 Å². The highest BCUT2D eigenvalue weighted by Gasteiger charge is 2.40. The van der Waals surface area contributed by atoms with E-state index in [0.29, 0.717) is 17.9 Å². The van der Waals surface area contributed by atoms with Crippen LogP contribution in [0, 0.1) is 0 Å². The lowest BCUT2D eigenvalue weighted by Gasteiger charge is -2.25. The summed E-state index contributed by atoms with van der Waals surface area (Å²) in [5.74, 6) is -1.27. The maximum absolute atomic E-state index is 13.2. The summed E-state index contributed by atoms with van der Waals surface area (Å²) in [6.45, 7) is 0.146. The minimum absolute atomic E-state index is 0.00375. The molecule has 1 saturated heterocycles. The van der Waals surface area contributed by atoms with Crippen LogP contribution >= 0.6 is 0 Å². The van der Waals surface area contributed by atoms with Gasteiger partial charge in [0.05, 0.1) is 25.4 Å². The topological polar surface area (TPSA) is 151 Å². The number of carboxylic acid groups (broad SMARTS) is 1. The first-order valence-corrected chi connectivity index (χ1v) is 11.0. The number of nitrogens with one attached hydrogen (secondary N) is 2. The molecule has 1 aliphatic rings. The van der Waals surface area contributed by atoms with E-state index < -0.39 is 34.0 Å². The van der Waals surface area contributed by atoms with Crippen LogP contribution in [0.25, 0.3) is 0 Å². The minimum atomic E-state index is -4.02. The van der Waals surface area contributed by atoms with Crippen molar-refractivity contribution in [2.75, 3.05) is 20.8 Å². The molecule has 2 atom stereocenters. The van der Waals surface area contributed by atoms with Gasteiger partial charge in [0.15, 0.2) is 11.5 Å². The highest BCUT2D eigenvalue weighted by molar-refractivity contribution is 7.89. The van der Waals surface area contributed by atoms with Crippen LogP contribution in [0.4, 0.5) is 0 Å². The predicted octanol–water partition coefficient (Wildman–Crippen LogP) is 0.392. The molecule has 2 unspecified atom stereocenters. The molecule has 0 bridgehead atoms. The van der Waals surface area contributed by atoms with Gasteiger partial charge in [0.2, 0.25) is 15.9 Å². The molecule has 0 saturated carbocycles. The SMILES string of the molecule is COc1ccc(S(=O)(=O)N2CCCC2C(=O)NC(Cc2cnc[nH]2)C(=O)O)cc1OC. The number of imidazole rings is 1. The number of benzene rings is 1. The second-order valence-electron chi connectivity index (χ2n) is 6.97. The molecule has 2 heterocycles. The van der Waals surface area contributed by atoms with Gasteiger partial charge in [-0.25, -0.2) is 18.2 Å². The first kappa shape index (κ1) is 22.6. The number of carbonyl (C=O) groups is 2. The van der Waals surface area contributed by atoms with Crippen LogP contribution in [-0.4, -0.2) is 72.5 Å². The maximum Gasteiger partial charge on any atom is 0.326 e. The van der Waals surface area contributed by atoms with E-state index in [1.165, 1.54) is 44.9 Å². The van der Waals surface area contributed by atoms with Gasteiger partial charge in [-0.3, -0.25) is 4.79 Å².